The number of hydrogen-bond acceptors (Lipinski definition) is 5. The second kappa shape index (κ2) is 15.8. The quantitative estimate of drug-likeness (QED) is 0.199. The number of guanidine groups is 1. The minimum absolute atomic E-state index is 0. The summed E-state index contributed by atoms with van der Waals surface area (Å²) in [5.41, 5.74) is 1.43. The van der Waals surface area contributed by atoms with Gasteiger partial charge in [-0.2, -0.15) is 0 Å². The molecule has 8 heteroatoms. The molecule has 2 aliphatic rings. The summed E-state index contributed by atoms with van der Waals surface area (Å²) in [5.74, 6) is 0.947. The standard InChI is InChI=1S/C24H42N6O.HI/c1-3-25-24(26-11-7-13-29-17-19-31-20-18-29)27-12-8-14-30-16-15-28(2)21-23(30)22-9-5-4-6-10-22;/h4-6,9-10,23H,3,7-8,11-21H2,1-2H3,(H2,25,26,27);1H. The van der Waals surface area contributed by atoms with Crippen molar-refractivity contribution in [1.29, 1.82) is 0 Å². The highest BCUT2D eigenvalue weighted by Crippen LogP contribution is 2.24. The molecule has 1 aromatic rings. The van der Waals surface area contributed by atoms with E-state index >= 15 is 0 Å². The van der Waals surface area contributed by atoms with E-state index in [-0.39, 0.29) is 24.0 Å². The number of likely N-dealkylation sites (N-methyl/N-ethyl adjacent to an activating group) is 1. The van der Waals surface area contributed by atoms with Gasteiger partial charge in [-0.25, -0.2) is 0 Å². The molecule has 182 valence electrons. The van der Waals surface area contributed by atoms with Crippen LogP contribution in [0.4, 0.5) is 0 Å². The average molecular weight is 559 g/mol. The van der Waals surface area contributed by atoms with Crippen LogP contribution < -0.4 is 10.6 Å². The van der Waals surface area contributed by atoms with Crippen LogP contribution in [0.1, 0.15) is 31.4 Å². The number of ether oxygens (including phenoxy) is 1. The molecular formula is C24H43IN6O. The number of aliphatic imine (C=N–C) groups is 1. The molecule has 2 N–H and O–H groups in total. The third kappa shape index (κ3) is 9.51. The zero-order valence-electron chi connectivity index (χ0n) is 20.0. The van der Waals surface area contributed by atoms with E-state index in [4.69, 9.17) is 9.73 Å². The smallest absolute Gasteiger partial charge is 0.191 e. The largest absolute Gasteiger partial charge is 0.379 e. The van der Waals surface area contributed by atoms with Crippen molar-refractivity contribution in [2.24, 2.45) is 4.99 Å². The normalized spacial score (nSPS) is 21.2. The van der Waals surface area contributed by atoms with Crippen molar-refractivity contribution in [3.05, 3.63) is 35.9 Å². The summed E-state index contributed by atoms with van der Waals surface area (Å²) in [6.07, 6.45) is 2.21. The number of benzene rings is 1. The van der Waals surface area contributed by atoms with E-state index in [0.29, 0.717) is 6.04 Å². The molecule has 3 rings (SSSR count). The van der Waals surface area contributed by atoms with E-state index in [1.165, 1.54) is 5.56 Å². The summed E-state index contributed by atoms with van der Waals surface area (Å²) in [7, 11) is 2.23. The molecule has 0 spiro atoms. The molecule has 7 nitrogen and oxygen atoms in total. The molecule has 0 saturated carbocycles. The van der Waals surface area contributed by atoms with Crippen LogP contribution in [0.3, 0.4) is 0 Å². The van der Waals surface area contributed by atoms with Gasteiger partial charge in [-0.15, -0.1) is 24.0 Å². The number of nitrogens with zero attached hydrogens (tertiary/aromatic N) is 4. The summed E-state index contributed by atoms with van der Waals surface area (Å²) >= 11 is 0. The van der Waals surface area contributed by atoms with Crippen molar-refractivity contribution >= 4 is 29.9 Å². The van der Waals surface area contributed by atoms with Gasteiger partial charge in [-0.1, -0.05) is 30.3 Å². The van der Waals surface area contributed by atoms with E-state index in [0.717, 1.165) is 97.5 Å². The molecule has 2 aliphatic heterocycles. The van der Waals surface area contributed by atoms with Crippen LogP contribution in [-0.2, 0) is 4.74 Å². The number of piperazine rings is 1. The maximum absolute atomic E-state index is 5.42. The Morgan fingerprint density at radius 1 is 1.03 bits per heavy atom. The first-order valence-corrected chi connectivity index (χ1v) is 12.1. The van der Waals surface area contributed by atoms with E-state index < -0.39 is 0 Å². The summed E-state index contributed by atoms with van der Waals surface area (Å²) in [5, 5.41) is 6.92. The van der Waals surface area contributed by atoms with E-state index in [1.807, 2.05) is 0 Å². The van der Waals surface area contributed by atoms with Gasteiger partial charge in [0.15, 0.2) is 5.96 Å². The Hall–Kier alpha value is -0.940. The highest BCUT2D eigenvalue weighted by atomic mass is 127. The molecule has 0 radical (unpaired) electrons. The van der Waals surface area contributed by atoms with Crippen LogP contribution in [0.15, 0.2) is 35.3 Å². The Balaban J connectivity index is 0.00000363. The fourth-order valence-corrected chi connectivity index (χ4v) is 4.36. The van der Waals surface area contributed by atoms with Gasteiger partial charge in [-0.05, 0) is 32.4 Å². The van der Waals surface area contributed by atoms with Gasteiger partial charge < -0.3 is 20.3 Å². The molecule has 2 saturated heterocycles. The Morgan fingerprint density at radius 2 is 1.81 bits per heavy atom. The highest BCUT2D eigenvalue weighted by Gasteiger charge is 2.25. The molecule has 0 amide bonds. The van der Waals surface area contributed by atoms with Gasteiger partial charge in [-0.3, -0.25) is 14.8 Å². The summed E-state index contributed by atoms with van der Waals surface area (Å²) in [6, 6.07) is 11.4. The van der Waals surface area contributed by atoms with Gasteiger partial charge >= 0.3 is 0 Å². The van der Waals surface area contributed by atoms with Crippen LogP contribution in [0.5, 0.6) is 0 Å². The lowest BCUT2D eigenvalue weighted by Crippen LogP contribution is -2.47. The van der Waals surface area contributed by atoms with Crippen molar-refractivity contribution in [3.63, 3.8) is 0 Å². The van der Waals surface area contributed by atoms with Crippen molar-refractivity contribution in [2.75, 3.05) is 85.7 Å². The van der Waals surface area contributed by atoms with Crippen LogP contribution in [0.25, 0.3) is 0 Å². The molecule has 2 heterocycles. The predicted octanol–water partition coefficient (Wildman–Crippen LogP) is 2.26. The van der Waals surface area contributed by atoms with Gasteiger partial charge in [0.2, 0.25) is 0 Å². The minimum atomic E-state index is 0. The second-order valence-electron chi connectivity index (χ2n) is 8.57. The minimum Gasteiger partial charge on any atom is -0.379 e. The van der Waals surface area contributed by atoms with Crippen molar-refractivity contribution in [3.8, 4) is 0 Å². The number of halogens is 1. The Morgan fingerprint density at radius 3 is 2.56 bits per heavy atom. The number of hydrogen-bond donors (Lipinski definition) is 2. The van der Waals surface area contributed by atoms with Crippen LogP contribution in [0, 0.1) is 0 Å². The topological polar surface area (TPSA) is 55.4 Å². The first-order chi connectivity index (χ1) is 15.3. The highest BCUT2D eigenvalue weighted by molar-refractivity contribution is 14.0. The summed E-state index contributed by atoms with van der Waals surface area (Å²) in [6.45, 7) is 14.3. The van der Waals surface area contributed by atoms with Gasteiger partial charge in [0.1, 0.15) is 0 Å². The van der Waals surface area contributed by atoms with Gasteiger partial charge in [0.25, 0.3) is 0 Å². The first kappa shape index (κ1) is 27.3. The molecule has 0 aromatic heterocycles. The van der Waals surface area contributed by atoms with Crippen LogP contribution in [0.2, 0.25) is 0 Å². The first-order valence-electron chi connectivity index (χ1n) is 12.1. The fourth-order valence-electron chi connectivity index (χ4n) is 4.36. The lowest BCUT2D eigenvalue weighted by Gasteiger charge is -2.40. The Kier molecular flexibility index (Phi) is 13.5. The third-order valence-corrected chi connectivity index (χ3v) is 6.14. The third-order valence-electron chi connectivity index (χ3n) is 6.14. The molecule has 1 atom stereocenters. The molecular weight excluding hydrogens is 515 g/mol. The average Bonchev–Trinajstić information content (AvgIpc) is 2.81. The lowest BCUT2D eigenvalue weighted by molar-refractivity contribution is 0.0377. The summed E-state index contributed by atoms with van der Waals surface area (Å²) < 4.78 is 5.42. The molecule has 1 unspecified atom stereocenters. The number of rotatable bonds is 10. The SMILES string of the molecule is CCNC(=NCCCN1CCOCC1)NCCCN1CCN(C)CC1c1ccccc1.I. The van der Waals surface area contributed by atoms with E-state index in [1.54, 1.807) is 0 Å². The fraction of sp³-hybridized carbons (Fsp3) is 0.708. The molecule has 2 fully saturated rings. The van der Waals surface area contributed by atoms with Gasteiger partial charge in [0, 0.05) is 71.5 Å². The Bertz CT molecular complexity index is 641. The van der Waals surface area contributed by atoms with Crippen molar-refractivity contribution in [1.82, 2.24) is 25.3 Å². The van der Waals surface area contributed by atoms with Crippen molar-refractivity contribution < 1.29 is 4.74 Å². The van der Waals surface area contributed by atoms with Crippen LogP contribution in [-0.4, -0.2) is 106 Å². The summed E-state index contributed by atoms with van der Waals surface area (Å²) in [4.78, 5) is 12.3. The van der Waals surface area contributed by atoms with Crippen LogP contribution >= 0.6 is 24.0 Å². The maximum atomic E-state index is 5.42. The maximum Gasteiger partial charge on any atom is 0.191 e. The molecule has 32 heavy (non-hydrogen) atoms. The molecule has 0 aliphatic carbocycles. The lowest BCUT2D eigenvalue weighted by atomic mass is 10.0. The zero-order valence-corrected chi connectivity index (χ0v) is 22.3. The van der Waals surface area contributed by atoms with Gasteiger partial charge in [0.05, 0.1) is 13.2 Å². The van der Waals surface area contributed by atoms with Crippen molar-refractivity contribution in [2.45, 2.75) is 25.8 Å². The predicted molar refractivity (Wildman–Crippen MR) is 144 cm³/mol. The van der Waals surface area contributed by atoms with E-state index in [2.05, 4.69) is 69.6 Å². The number of nitrogens with one attached hydrogen (secondary N) is 2. The molecule has 0 bridgehead atoms. The van der Waals surface area contributed by atoms with E-state index in [9.17, 15) is 0 Å². The second-order valence-corrected chi connectivity index (χ2v) is 8.57. The monoisotopic (exact) mass is 558 g/mol. The number of morpholine rings is 1. The molecule has 1 aromatic carbocycles. The Labute approximate surface area is 212 Å². The zero-order chi connectivity index (χ0) is 21.7.